The predicted octanol–water partition coefficient (Wildman–Crippen LogP) is 9.73. The van der Waals surface area contributed by atoms with E-state index in [0.717, 1.165) is 38.5 Å². The van der Waals surface area contributed by atoms with Crippen LogP contribution >= 0.6 is 7.82 Å². The zero-order chi connectivity index (χ0) is 31.2. The summed E-state index contributed by atoms with van der Waals surface area (Å²) in [6.45, 7) is 3.67. The van der Waals surface area contributed by atoms with Crippen LogP contribution in [-0.2, 0) is 28.2 Å². The minimum absolute atomic E-state index is 0.219. The molecular weight excluding hydrogens is 555 g/mol. The Morgan fingerprint density at radius 2 is 0.857 bits per heavy atom. The molecule has 0 saturated carbocycles. The van der Waals surface area contributed by atoms with Gasteiger partial charge in [-0.2, -0.15) is 0 Å². The average molecular weight is 621 g/mol. The standard InChI is InChI=1S/C33H65O8P/c1-3-5-7-9-11-13-15-17-19-21-23-25-27-32(34)39-29-31(30-40-42(36,37)38)41-33(35)28-26-24-22-20-18-16-14-12-10-8-6-4-2/h31H,3-30H2,1-2H3,(H2,36,37,38)/t31-/m0/s1. The number of phosphoric ester groups is 1. The first-order chi connectivity index (χ1) is 20.3. The summed E-state index contributed by atoms with van der Waals surface area (Å²) in [7, 11) is -4.73. The summed E-state index contributed by atoms with van der Waals surface area (Å²) in [5, 5.41) is 0. The van der Waals surface area contributed by atoms with Crippen molar-refractivity contribution in [2.24, 2.45) is 0 Å². The maximum Gasteiger partial charge on any atom is 0.469 e. The molecule has 1 atom stereocenters. The maximum atomic E-state index is 12.3. The summed E-state index contributed by atoms with van der Waals surface area (Å²) in [6.07, 6.45) is 28.2. The Balaban J connectivity index is 3.97. The second-order valence-electron chi connectivity index (χ2n) is 11.9. The molecule has 0 radical (unpaired) electrons. The molecule has 0 bridgehead atoms. The largest absolute Gasteiger partial charge is 0.469 e. The van der Waals surface area contributed by atoms with Crippen molar-refractivity contribution in [3.05, 3.63) is 0 Å². The highest BCUT2D eigenvalue weighted by Crippen LogP contribution is 2.36. The van der Waals surface area contributed by atoms with Crippen LogP contribution in [0.1, 0.15) is 181 Å². The van der Waals surface area contributed by atoms with Gasteiger partial charge in [-0.3, -0.25) is 14.1 Å². The van der Waals surface area contributed by atoms with E-state index in [9.17, 15) is 14.2 Å². The van der Waals surface area contributed by atoms with Crippen molar-refractivity contribution in [1.82, 2.24) is 0 Å². The molecule has 0 aromatic carbocycles. The van der Waals surface area contributed by atoms with Crippen LogP contribution in [0.3, 0.4) is 0 Å². The summed E-state index contributed by atoms with van der Waals surface area (Å²) < 4.78 is 26.2. The Kier molecular flexibility index (Phi) is 29.4. The van der Waals surface area contributed by atoms with Crippen LogP contribution < -0.4 is 0 Å². The first-order valence-electron chi connectivity index (χ1n) is 17.3. The summed E-state index contributed by atoms with van der Waals surface area (Å²) in [4.78, 5) is 42.5. The molecular formula is C33H65O8P. The van der Waals surface area contributed by atoms with Crippen LogP contribution in [0.2, 0.25) is 0 Å². The van der Waals surface area contributed by atoms with E-state index in [1.54, 1.807) is 0 Å². The third-order valence-corrected chi connectivity index (χ3v) is 8.11. The van der Waals surface area contributed by atoms with Gasteiger partial charge in [-0.05, 0) is 12.8 Å². The topological polar surface area (TPSA) is 119 Å². The van der Waals surface area contributed by atoms with E-state index in [-0.39, 0.29) is 19.4 Å². The van der Waals surface area contributed by atoms with E-state index in [2.05, 4.69) is 18.4 Å². The number of hydrogen-bond donors (Lipinski definition) is 2. The Bertz CT molecular complexity index is 666. The Morgan fingerprint density at radius 3 is 1.21 bits per heavy atom. The molecule has 0 aliphatic carbocycles. The SMILES string of the molecule is CCCCCCCCCCCCCCC(=O)OC[C@@H](COP(=O)(O)O)OC(=O)CCCCCCCCCCCCCC. The van der Waals surface area contributed by atoms with Crippen LogP contribution in [0.25, 0.3) is 0 Å². The molecule has 8 nitrogen and oxygen atoms in total. The smallest absolute Gasteiger partial charge is 0.462 e. The van der Waals surface area contributed by atoms with Gasteiger partial charge in [-0.1, -0.05) is 155 Å². The number of ether oxygens (including phenoxy) is 2. The van der Waals surface area contributed by atoms with Gasteiger partial charge in [0.15, 0.2) is 6.10 Å². The molecule has 250 valence electrons. The van der Waals surface area contributed by atoms with Crippen LogP contribution in [0.4, 0.5) is 0 Å². The van der Waals surface area contributed by atoms with Crippen molar-refractivity contribution in [2.45, 2.75) is 187 Å². The number of rotatable bonds is 32. The van der Waals surface area contributed by atoms with Gasteiger partial charge in [-0.25, -0.2) is 4.57 Å². The van der Waals surface area contributed by atoms with Gasteiger partial charge in [0.2, 0.25) is 0 Å². The summed E-state index contributed by atoms with van der Waals surface area (Å²) in [5.41, 5.74) is 0. The highest BCUT2D eigenvalue weighted by molar-refractivity contribution is 7.46. The van der Waals surface area contributed by atoms with Crippen LogP contribution in [-0.4, -0.2) is 41.0 Å². The van der Waals surface area contributed by atoms with Gasteiger partial charge in [0.1, 0.15) is 6.61 Å². The molecule has 0 saturated heterocycles. The Morgan fingerprint density at radius 1 is 0.524 bits per heavy atom. The minimum atomic E-state index is -4.73. The molecule has 0 heterocycles. The molecule has 0 spiro atoms. The third-order valence-electron chi connectivity index (χ3n) is 7.63. The minimum Gasteiger partial charge on any atom is -0.462 e. The highest BCUT2D eigenvalue weighted by atomic mass is 31.2. The highest BCUT2D eigenvalue weighted by Gasteiger charge is 2.22. The van der Waals surface area contributed by atoms with Crippen LogP contribution in [0, 0.1) is 0 Å². The van der Waals surface area contributed by atoms with Gasteiger partial charge in [0.05, 0.1) is 6.61 Å². The van der Waals surface area contributed by atoms with E-state index in [1.807, 2.05) is 0 Å². The molecule has 0 rings (SSSR count). The number of phosphoric acid groups is 1. The van der Waals surface area contributed by atoms with E-state index in [0.29, 0.717) is 6.42 Å². The molecule has 0 unspecified atom stereocenters. The van der Waals surface area contributed by atoms with Crippen molar-refractivity contribution >= 4 is 19.8 Å². The lowest BCUT2D eigenvalue weighted by atomic mass is 10.0. The molecule has 0 fully saturated rings. The third kappa shape index (κ3) is 32.0. The number of unbranched alkanes of at least 4 members (excludes halogenated alkanes) is 22. The first kappa shape index (κ1) is 41.0. The van der Waals surface area contributed by atoms with Crippen molar-refractivity contribution in [3.63, 3.8) is 0 Å². The van der Waals surface area contributed by atoms with Gasteiger partial charge in [0.25, 0.3) is 0 Å². The molecule has 0 aromatic rings. The van der Waals surface area contributed by atoms with Gasteiger partial charge >= 0.3 is 19.8 Å². The molecule has 0 aliphatic rings. The fourth-order valence-corrected chi connectivity index (χ4v) is 5.38. The van der Waals surface area contributed by atoms with Gasteiger partial charge in [-0.15, -0.1) is 0 Å². The second kappa shape index (κ2) is 30.1. The zero-order valence-electron chi connectivity index (χ0n) is 27.2. The lowest BCUT2D eigenvalue weighted by Crippen LogP contribution is -2.29. The van der Waals surface area contributed by atoms with E-state index < -0.39 is 32.5 Å². The lowest BCUT2D eigenvalue weighted by molar-refractivity contribution is -0.161. The number of carbonyl (C=O) groups is 2. The monoisotopic (exact) mass is 620 g/mol. The lowest BCUT2D eigenvalue weighted by Gasteiger charge is -2.18. The molecule has 2 N–H and O–H groups in total. The van der Waals surface area contributed by atoms with Gasteiger partial charge in [0, 0.05) is 12.8 Å². The predicted molar refractivity (Wildman–Crippen MR) is 170 cm³/mol. The molecule has 42 heavy (non-hydrogen) atoms. The van der Waals surface area contributed by atoms with Crippen LogP contribution in [0.5, 0.6) is 0 Å². The number of esters is 2. The van der Waals surface area contributed by atoms with Crippen molar-refractivity contribution in [2.75, 3.05) is 13.2 Å². The Hall–Kier alpha value is -0.950. The molecule has 9 heteroatoms. The second-order valence-corrected chi connectivity index (χ2v) is 13.1. The van der Waals surface area contributed by atoms with Crippen LogP contribution in [0.15, 0.2) is 0 Å². The van der Waals surface area contributed by atoms with Crippen molar-refractivity contribution < 1.29 is 37.9 Å². The van der Waals surface area contributed by atoms with Crippen molar-refractivity contribution in [1.29, 1.82) is 0 Å². The quantitative estimate of drug-likeness (QED) is 0.0433. The fraction of sp³-hybridized carbons (Fsp3) is 0.939. The number of carbonyl (C=O) groups excluding carboxylic acids is 2. The summed E-state index contributed by atoms with van der Waals surface area (Å²) in [6, 6.07) is 0. The van der Waals surface area contributed by atoms with Crippen molar-refractivity contribution in [3.8, 4) is 0 Å². The fourth-order valence-electron chi connectivity index (χ4n) is 5.02. The molecule has 0 aliphatic heterocycles. The summed E-state index contributed by atoms with van der Waals surface area (Å²) >= 11 is 0. The van der Waals surface area contributed by atoms with E-state index in [4.69, 9.17) is 19.3 Å². The Labute approximate surface area is 257 Å². The molecule has 0 amide bonds. The average Bonchev–Trinajstić information content (AvgIpc) is 2.95. The summed E-state index contributed by atoms with van der Waals surface area (Å²) in [5.74, 6) is -0.876. The van der Waals surface area contributed by atoms with E-state index >= 15 is 0 Å². The normalized spacial score (nSPS) is 12.4. The zero-order valence-corrected chi connectivity index (χ0v) is 28.1. The first-order valence-corrected chi connectivity index (χ1v) is 18.9. The molecule has 0 aromatic heterocycles. The maximum absolute atomic E-state index is 12.3. The number of hydrogen-bond acceptors (Lipinski definition) is 6. The van der Waals surface area contributed by atoms with Gasteiger partial charge < -0.3 is 19.3 Å². The van der Waals surface area contributed by atoms with E-state index in [1.165, 1.54) is 109 Å².